The number of aryl methyl sites for hydroxylation is 2. The molecule has 2 rings (SSSR count). The topological polar surface area (TPSA) is 68.3 Å². The van der Waals surface area contributed by atoms with Gasteiger partial charge in [-0.05, 0) is 79.7 Å². The van der Waals surface area contributed by atoms with Crippen molar-refractivity contribution >= 4 is 21.4 Å². The molecule has 38 heavy (non-hydrogen) atoms. The van der Waals surface area contributed by atoms with Gasteiger partial charge >= 0.3 is 0 Å². The van der Waals surface area contributed by atoms with Crippen LogP contribution in [-0.4, -0.2) is 26.7 Å². The van der Waals surface area contributed by atoms with Gasteiger partial charge < -0.3 is 4.79 Å². The van der Waals surface area contributed by atoms with Gasteiger partial charge in [-0.25, -0.2) is 8.42 Å². The van der Waals surface area contributed by atoms with Crippen molar-refractivity contribution in [3.8, 4) is 0 Å². The Balaban J connectivity index is -0.000000486. The van der Waals surface area contributed by atoms with Crippen molar-refractivity contribution in [2.24, 2.45) is 5.41 Å². The summed E-state index contributed by atoms with van der Waals surface area (Å²) in [6.45, 7) is 27.4. The molecule has 0 aliphatic heterocycles. The second-order valence-corrected chi connectivity index (χ2v) is 11.8. The molecule has 4 nitrogen and oxygen atoms in total. The number of Topliss-reactive ketones (excluding diaryl/α,β-unsaturated/α-hetero) is 2. The summed E-state index contributed by atoms with van der Waals surface area (Å²) in [4.78, 5) is 20.6. The lowest BCUT2D eigenvalue weighted by atomic mass is 9.91. The van der Waals surface area contributed by atoms with E-state index in [9.17, 15) is 22.4 Å². The van der Waals surface area contributed by atoms with E-state index in [4.69, 9.17) is 0 Å². The summed E-state index contributed by atoms with van der Waals surface area (Å²) in [6, 6.07) is 13.8. The number of benzene rings is 2. The average Bonchev–Trinajstić information content (AvgIpc) is 2.79. The largest absolute Gasteiger partial charge is 0.300 e. The molecule has 212 valence electrons. The lowest BCUT2D eigenvalue weighted by Crippen LogP contribution is -2.23. The molecule has 0 aromatic heterocycles. The third-order valence-electron chi connectivity index (χ3n) is 4.30. The summed E-state index contributed by atoms with van der Waals surface area (Å²) in [7, 11) is -3.37. The fraction of sp³-hybridized carbons (Fsp3) is 0.375. The number of hydrogen-bond acceptors (Lipinski definition) is 4. The van der Waals surface area contributed by atoms with Crippen LogP contribution in [-0.2, 0) is 19.4 Å². The Morgan fingerprint density at radius 1 is 0.789 bits per heavy atom. The number of rotatable bonds is 5. The minimum Gasteiger partial charge on any atom is -0.300 e. The molecule has 0 spiro atoms. The first kappa shape index (κ1) is 39.4. The van der Waals surface area contributed by atoms with Crippen LogP contribution in [0.1, 0.15) is 66.5 Å². The van der Waals surface area contributed by atoms with Crippen LogP contribution >= 0.6 is 0 Å². The summed E-state index contributed by atoms with van der Waals surface area (Å²) < 4.78 is 36.3. The Bertz CT molecular complexity index is 1050. The van der Waals surface area contributed by atoms with E-state index in [1.807, 2.05) is 34.6 Å². The Kier molecular flexibility index (Phi) is 20.7. The molecule has 0 saturated heterocycles. The molecule has 0 heterocycles. The van der Waals surface area contributed by atoms with Gasteiger partial charge in [0.25, 0.3) is 0 Å². The van der Waals surface area contributed by atoms with Gasteiger partial charge in [0.1, 0.15) is 18.2 Å². The Morgan fingerprint density at radius 3 is 1.16 bits per heavy atom. The number of ketones is 2. The van der Waals surface area contributed by atoms with E-state index in [-0.39, 0.29) is 11.6 Å². The maximum absolute atomic E-state index is 12.3. The maximum atomic E-state index is 12.3. The van der Waals surface area contributed by atoms with Crippen molar-refractivity contribution in [1.82, 2.24) is 0 Å². The molecule has 0 radical (unpaired) electrons. The number of carbonyl (C=O) groups excluding carboxylic acids is 2. The van der Waals surface area contributed by atoms with Crippen molar-refractivity contribution in [1.29, 1.82) is 0 Å². The van der Waals surface area contributed by atoms with Gasteiger partial charge in [0.15, 0.2) is 0 Å². The summed E-state index contributed by atoms with van der Waals surface area (Å²) in [5.41, 5.74) is 3.52. The highest BCUT2D eigenvalue weighted by molar-refractivity contribution is 7.91. The zero-order valence-electron chi connectivity index (χ0n) is 24.9. The number of halogens is 1. The first-order valence-corrected chi connectivity index (χ1v) is 13.6. The lowest BCUT2D eigenvalue weighted by molar-refractivity contribution is -0.125. The molecule has 0 atom stereocenters. The molecule has 0 bridgehead atoms. The molecular weight excluding hydrogens is 499 g/mol. The Hall–Kier alpha value is -3.12. The van der Waals surface area contributed by atoms with Crippen LogP contribution in [0.5, 0.6) is 0 Å². The van der Waals surface area contributed by atoms with Gasteiger partial charge in [0, 0.05) is 0 Å². The number of sulfone groups is 1. The average molecular weight is 547 g/mol. The SMILES string of the molecule is C=C(C)C.C=CC(=C)C.CC(=O)C(C)(C)CF.CC(C)=O.Cc1ccc(S(=O)(=O)c2ccc(C)cc2)cc1. The van der Waals surface area contributed by atoms with Crippen molar-refractivity contribution in [2.75, 3.05) is 6.67 Å². The fourth-order valence-electron chi connectivity index (χ4n) is 1.67. The summed E-state index contributed by atoms with van der Waals surface area (Å²) in [5, 5.41) is 0. The van der Waals surface area contributed by atoms with Crippen LogP contribution in [0, 0.1) is 19.3 Å². The Labute approximate surface area is 231 Å². The van der Waals surface area contributed by atoms with Crippen molar-refractivity contribution in [3.05, 3.63) is 96.6 Å². The predicted octanol–water partition coefficient (Wildman–Crippen LogP) is 8.63. The molecule has 0 aliphatic carbocycles. The second-order valence-electron chi connectivity index (χ2n) is 9.87. The number of hydrogen-bond donors (Lipinski definition) is 0. The quantitative estimate of drug-likeness (QED) is 0.278. The number of alkyl halides is 1. The molecule has 0 saturated carbocycles. The molecule has 0 unspecified atom stereocenters. The van der Waals surface area contributed by atoms with Gasteiger partial charge in [-0.15, -0.1) is 6.58 Å². The van der Waals surface area contributed by atoms with E-state index < -0.39 is 21.9 Å². The molecule has 0 N–H and O–H groups in total. The number of carbonyl (C=O) groups is 2. The number of allylic oxidation sites excluding steroid dienone is 3. The van der Waals surface area contributed by atoms with E-state index in [2.05, 4.69) is 19.7 Å². The van der Waals surface area contributed by atoms with Crippen molar-refractivity contribution < 1.29 is 22.4 Å². The van der Waals surface area contributed by atoms with Gasteiger partial charge in [0.05, 0.1) is 15.2 Å². The minimum atomic E-state index is -3.37. The maximum Gasteiger partial charge on any atom is 0.206 e. The lowest BCUT2D eigenvalue weighted by Gasteiger charge is -2.14. The molecular formula is C32H47FO4S. The van der Waals surface area contributed by atoms with Crippen LogP contribution in [0.2, 0.25) is 0 Å². The normalized spacial score (nSPS) is 9.76. The highest BCUT2D eigenvalue weighted by Crippen LogP contribution is 2.21. The summed E-state index contributed by atoms with van der Waals surface area (Å²) >= 11 is 0. The van der Waals surface area contributed by atoms with Crippen molar-refractivity contribution in [2.45, 2.75) is 79.0 Å². The third-order valence-corrected chi connectivity index (χ3v) is 6.08. The van der Waals surface area contributed by atoms with Crippen LogP contribution in [0.4, 0.5) is 4.39 Å². The molecule has 6 heteroatoms. The zero-order chi connectivity index (χ0) is 30.7. The highest BCUT2D eigenvalue weighted by Gasteiger charge is 2.22. The standard InChI is InChI=1S/C14H14O2S.C6H11FO.C5H8.C4H8.C3H6O/c1-11-3-7-13(8-4-11)17(15,16)14-9-5-12(2)6-10-14;1-5(8)6(2,3)4-7;1-4-5(2)3;1-4(2)3;1-3(2)4/h3-10H,1-2H3;4H2,1-3H3;4H,1-2H2,3H3;1H2,2-3H3;1-2H3. The third kappa shape index (κ3) is 21.0. The van der Waals surface area contributed by atoms with Crippen molar-refractivity contribution in [3.63, 3.8) is 0 Å². The molecule has 2 aromatic carbocycles. The van der Waals surface area contributed by atoms with E-state index >= 15 is 0 Å². The molecule has 2 aromatic rings. The van der Waals surface area contributed by atoms with Crippen LogP contribution in [0.25, 0.3) is 0 Å². The highest BCUT2D eigenvalue weighted by atomic mass is 32.2. The second kappa shape index (κ2) is 19.9. The molecule has 0 fully saturated rings. The first-order chi connectivity index (χ1) is 17.2. The van der Waals surface area contributed by atoms with Gasteiger partial charge in [0.2, 0.25) is 9.84 Å². The zero-order valence-corrected chi connectivity index (χ0v) is 25.8. The van der Waals surface area contributed by atoms with E-state index in [1.165, 1.54) is 26.3 Å². The minimum absolute atomic E-state index is 0.0972. The first-order valence-electron chi connectivity index (χ1n) is 12.1. The monoisotopic (exact) mass is 546 g/mol. The fourth-order valence-corrected chi connectivity index (χ4v) is 2.93. The van der Waals surface area contributed by atoms with E-state index in [0.29, 0.717) is 9.79 Å². The van der Waals surface area contributed by atoms with Crippen LogP contribution in [0.15, 0.2) is 95.3 Å². The van der Waals surface area contributed by atoms with Gasteiger partial charge in [-0.2, -0.15) is 0 Å². The van der Waals surface area contributed by atoms with E-state index in [0.717, 1.165) is 16.7 Å². The van der Waals surface area contributed by atoms with Crippen LogP contribution < -0.4 is 0 Å². The summed E-state index contributed by atoms with van der Waals surface area (Å²) in [5.74, 6) is 0.0694. The smallest absolute Gasteiger partial charge is 0.206 e. The predicted molar refractivity (Wildman–Crippen MR) is 160 cm³/mol. The van der Waals surface area contributed by atoms with Gasteiger partial charge in [-0.1, -0.05) is 79.6 Å². The van der Waals surface area contributed by atoms with Gasteiger partial charge in [-0.3, -0.25) is 9.18 Å². The van der Waals surface area contributed by atoms with E-state index in [1.54, 1.807) is 68.5 Å². The molecule has 0 aliphatic rings. The van der Waals surface area contributed by atoms with Crippen LogP contribution in [0.3, 0.4) is 0 Å². The summed E-state index contributed by atoms with van der Waals surface area (Å²) in [6.07, 6.45) is 1.72. The molecule has 0 amide bonds. The Morgan fingerprint density at radius 2 is 1.03 bits per heavy atom.